The molecule has 0 aliphatic carbocycles. The van der Waals surface area contributed by atoms with Crippen molar-refractivity contribution >= 4 is 33.6 Å². The lowest BCUT2D eigenvalue weighted by molar-refractivity contribution is -0.118. The Morgan fingerprint density at radius 3 is 2.55 bits per heavy atom. The zero-order valence-electron chi connectivity index (χ0n) is 16.3. The molecular formula is C22H22N2O4S. The van der Waals surface area contributed by atoms with Crippen molar-refractivity contribution in [1.29, 1.82) is 0 Å². The smallest absolute Gasteiger partial charge is 0.265 e. The Bertz CT molecular complexity index is 1140. The van der Waals surface area contributed by atoms with Crippen LogP contribution in [0.25, 0.3) is 0 Å². The van der Waals surface area contributed by atoms with Gasteiger partial charge in [0.2, 0.25) is 5.91 Å². The summed E-state index contributed by atoms with van der Waals surface area (Å²) in [6.07, 6.45) is 1.98. The summed E-state index contributed by atoms with van der Waals surface area (Å²) in [4.78, 5) is 32.1. The largest absolute Gasteiger partial charge is 0.292 e. The van der Waals surface area contributed by atoms with E-state index >= 15 is 0 Å². The fraction of sp³-hybridized carbons (Fsp3) is 0.318. The van der Waals surface area contributed by atoms with E-state index < -0.39 is 15.8 Å². The van der Waals surface area contributed by atoms with Crippen LogP contribution in [0.15, 0.2) is 47.5 Å². The number of fused-ring (bicyclic) bond motifs is 1. The third kappa shape index (κ3) is 3.62. The second kappa shape index (κ2) is 7.22. The SMILES string of the molecule is Cc1ccc(N2C(=O)c3ccccc3[C@H](C=N[C@@H]3CCS(=O)(=O)C3)C2=O)c(C)c1. The lowest BCUT2D eigenvalue weighted by Crippen LogP contribution is -2.46. The van der Waals surface area contributed by atoms with Crippen LogP contribution in [0.3, 0.4) is 0 Å². The number of carbonyl (C=O) groups is 2. The summed E-state index contributed by atoms with van der Waals surface area (Å²) in [7, 11) is -3.06. The van der Waals surface area contributed by atoms with E-state index in [-0.39, 0.29) is 29.4 Å². The maximum atomic E-state index is 13.4. The van der Waals surface area contributed by atoms with Gasteiger partial charge in [-0.1, -0.05) is 35.9 Å². The van der Waals surface area contributed by atoms with Crippen LogP contribution in [0.1, 0.15) is 39.4 Å². The van der Waals surface area contributed by atoms with Gasteiger partial charge in [-0.3, -0.25) is 14.6 Å². The van der Waals surface area contributed by atoms with Crippen LogP contribution in [0, 0.1) is 13.8 Å². The highest BCUT2D eigenvalue weighted by Gasteiger charge is 2.39. The molecule has 0 radical (unpaired) electrons. The van der Waals surface area contributed by atoms with Crippen molar-refractivity contribution in [1.82, 2.24) is 0 Å². The number of carbonyl (C=O) groups excluding carboxylic acids is 2. The predicted octanol–water partition coefficient (Wildman–Crippen LogP) is 2.83. The van der Waals surface area contributed by atoms with Gasteiger partial charge < -0.3 is 0 Å². The van der Waals surface area contributed by atoms with Gasteiger partial charge in [0.15, 0.2) is 9.84 Å². The molecule has 1 saturated heterocycles. The van der Waals surface area contributed by atoms with Gasteiger partial charge in [-0.2, -0.15) is 0 Å². The van der Waals surface area contributed by atoms with Crippen LogP contribution < -0.4 is 4.90 Å². The van der Waals surface area contributed by atoms with Gasteiger partial charge in [-0.25, -0.2) is 13.3 Å². The molecule has 1 fully saturated rings. The molecule has 2 aromatic rings. The molecule has 29 heavy (non-hydrogen) atoms. The van der Waals surface area contributed by atoms with Gasteiger partial charge in [0.1, 0.15) is 0 Å². The van der Waals surface area contributed by atoms with Crippen LogP contribution >= 0.6 is 0 Å². The molecule has 0 aromatic heterocycles. The summed E-state index contributed by atoms with van der Waals surface area (Å²) in [5.41, 5.74) is 3.51. The lowest BCUT2D eigenvalue weighted by Gasteiger charge is -2.32. The zero-order valence-corrected chi connectivity index (χ0v) is 17.1. The van der Waals surface area contributed by atoms with Crippen LogP contribution in [0.5, 0.6) is 0 Å². The van der Waals surface area contributed by atoms with Crippen LogP contribution in [-0.4, -0.2) is 44.0 Å². The topological polar surface area (TPSA) is 83.9 Å². The first-order valence-corrected chi connectivity index (χ1v) is 11.4. The molecule has 150 valence electrons. The number of aryl methyl sites for hydroxylation is 2. The molecule has 6 nitrogen and oxygen atoms in total. The van der Waals surface area contributed by atoms with E-state index in [1.807, 2.05) is 26.0 Å². The molecular weight excluding hydrogens is 388 g/mol. The number of rotatable bonds is 3. The number of sulfone groups is 1. The molecule has 0 spiro atoms. The zero-order chi connectivity index (χ0) is 20.8. The first kappa shape index (κ1) is 19.5. The average Bonchev–Trinajstić information content (AvgIpc) is 3.02. The van der Waals surface area contributed by atoms with Gasteiger partial charge in [0, 0.05) is 11.8 Å². The second-order valence-corrected chi connectivity index (χ2v) is 9.92. The maximum absolute atomic E-state index is 13.4. The van der Waals surface area contributed by atoms with E-state index in [0.29, 0.717) is 23.2 Å². The highest BCUT2D eigenvalue weighted by molar-refractivity contribution is 7.91. The average molecular weight is 410 g/mol. The van der Waals surface area contributed by atoms with Gasteiger partial charge in [-0.15, -0.1) is 0 Å². The minimum atomic E-state index is -3.06. The predicted molar refractivity (Wildman–Crippen MR) is 112 cm³/mol. The van der Waals surface area contributed by atoms with Crippen molar-refractivity contribution in [3.63, 3.8) is 0 Å². The standard InChI is InChI=1S/C22H22N2O4S/c1-14-7-8-20(15(2)11-14)24-21(25)18-6-4-3-5-17(18)19(22(24)26)12-23-16-9-10-29(27,28)13-16/h3-8,11-12,16,19H,9-10,13H2,1-2H3/t16-,19+/m1/s1. The Balaban J connectivity index is 1.75. The van der Waals surface area contributed by atoms with E-state index in [9.17, 15) is 18.0 Å². The Hall–Kier alpha value is -2.80. The van der Waals surface area contributed by atoms with E-state index in [0.717, 1.165) is 11.1 Å². The Kier molecular flexibility index (Phi) is 4.86. The van der Waals surface area contributed by atoms with E-state index in [4.69, 9.17) is 0 Å². The normalized spacial score (nSPS) is 23.6. The van der Waals surface area contributed by atoms with Crippen molar-refractivity contribution in [3.05, 3.63) is 64.7 Å². The third-order valence-electron chi connectivity index (χ3n) is 5.46. The molecule has 2 aromatic carbocycles. The van der Waals surface area contributed by atoms with E-state index in [2.05, 4.69) is 4.99 Å². The molecule has 0 unspecified atom stereocenters. The molecule has 2 amide bonds. The molecule has 7 heteroatoms. The summed E-state index contributed by atoms with van der Waals surface area (Å²) in [6, 6.07) is 12.3. The van der Waals surface area contributed by atoms with Crippen molar-refractivity contribution in [2.75, 3.05) is 16.4 Å². The van der Waals surface area contributed by atoms with Gasteiger partial charge in [-0.05, 0) is 43.5 Å². The quantitative estimate of drug-likeness (QED) is 0.575. The Labute approximate surface area is 170 Å². The lowest BCUT2D eigenvalue weighted by atomic mass is 9.88. The highest BCUT2D eigenvalue weighted by Crippen LogP contribution is 2.34. The van der Waals surface area contributed by atoms with Crippen molar-refractivity contribution < 1.29 is 18.0 Å². The maximum Gasteiger partial charge on any atom is 0.265 e. The summed E-state index contributed by atoms with van der Waals surface area (Å²) in [6.45, 7) is 3.83. The van der Waals surface area contributed by atoms with Gasteiger partial charge >= 0.3 is 0 Å². The summed E-state index contributed by atoms with van der Waals surface area (Å²) >= 11 is 0. The van der Waals surface area contributed by atoms with Gasteiger partial charge in [0.05, 0.1) is 29.2 Å². The number of anilines is 1. The van der Waals surface area contributed by atoms with Crippen LogP contribution in [0.4, 0.5) is 5.69 Å². The monoisotopic (exact) mass is 410 g/mol. The number of amides is 2. The molecule has 4 rings (SSSR count). The summed E-state index contributed by atoms with van der Waals surface area (Å²) < 4.78 is 23.4. The second-order valence-electron chi connectivity index (χ2n) is 7.69. The number of hydrogen-bond acceptors (Lipinski definition) is 5. The molecule has 2 aliphatic rings. The van der Waals surface area contributed by atoms with Gasteiger partial charge in [0.25, 0.3) is 5.91 Å². The fourth-order valence-electron chi connectivity index (χ4n) is 3.98. The minimum Gasteiger partial charge on any atom is -0.292 e. The molecule has 2 aliphatic heterocycles. The van der Waals surface area contributed by atoms with E-state index in [1.54, 1.807) is 30.3 Å². The van der Waals surface area contributed by atoms with Crippen molar-refractivity contribution in [3.8, 4) is 0 Å². The van der Waals surface area contributed by atoms with Crippen molar-refractivity contribution in [2.45, 2.75) is 32.2 Å². The molecule has 2 atom stereocenters. The van der Waals surface area contributed by atoms with Crippen LogP contribution in [0.2, 0.25) is 0 Å². The van der Waals surface area contributed by atoms with E-state index in [1.165, 1.54) is 11.1 Å². The number of hydrogen-bond donors (Lipinski definition) is 0. The molecule has 0 N–H and O–H groups in total. The first-order chi connectivity index (χ1) is 13.8. The van der Waals surface area contributed by atoms with Crippen LogP contribution in [-0.2, 0) is 14.6 Å². The number of nitrogens with zero attached hydrogens (tertiary/aromatic N) is 2. The molecule has 0 saturated carbocycles. The number of aliphatic imine (C=N–C) groups is 1. The third-order valence-corrected chi connectivity index (χ3v) is 7.21. The number of benzene rings is 2. The molecule has 0 bridgehead atoms. The Morgan fingerprint density at radius 1 is 1.10 bits per heavy atom. The fourth-order valence-corrected chi connectivity index (χ4v) is 5.62. The minimum absolute atomic E-state index is 0.00573. The van der Waals surface area contributed by atoms with Crippen molar-refractivity contribution in [2.24, 2.45) is 4.99 Å². The summed E-state index contributed by atoms with van der Waals surface area (Å²) in [5.74, 6) is -1.33. The highest BCUT2D eigenvalue weighted by atomic mass is 32.2. The Morgan fingerprint density at radius 2 is 1.86 bits per heavy atom. The first-order valence-electron chi connectivity index (χ1n) is 9.55. The summed E-state index contributed by atoms with van der Waals surface area (Å²) in [5, 5.41) is 0. The molecule has 2 heterocycles. The number of imide groups is 1.